The molecule has 116 valence electrons. The molecule has 1 atom stereocenters. The number of benzene rings is 1. The maximum atomic E-state index is 11.6. The molecule has 1 fully saturated rings. The van der Waals surface area contributed by atoms with E-state index < -0.39 is 25.5 Å². The van der Waals surface area contributed by atoms with Crippen LogP contribution in [-0.4, -0.2) is 26.4 Å². The van der Waals surface area contributed by atoms with Gasteiger partial charge in [0, 0.05) is 13.1 Å². The fourth-order valence-corrected chi connectivity index (χ4v) is 3.40. The van der Waals surface area contributed by atoms with Gasteiger partial charge in [-0.3, -0.25) is 10.1 Å². The van der Waals surface area contributed by atoms with Gasteiger partial charge in [-0.2, -0.15) is 0 Å². The van der Waals surface area contributed by atoms with Crippen LogP contribution in [0.2, 0.25) is 0 Å². The van der Waals surface area contributed by atoms with Crippen molar-refractivity contribution in [2.75, 3.05) is 18.0 Å². The average Bonchev–Trinajstić information content (AvgIpc) is 2.61. The topological polar surface area (TPSA) is 107 Å². The van der Waals surface area contributed by atoms with Gasteiger partial charge in [0.1, 0.15) is 5.69 Å². The van der Waals surface area contributed by atoms with E-state index in [1.807, 2.05) is 4.90 Å². The summed E-state index contributed by atoms with van der Waals surface area (Å²) in [6.07, 6.45) is 2.92. The molecule has 1 aromatic carbocycles. The lowest BCUT2D eigenvalue weighted by molar-refractivity contribution is -0.387. The fourth-order valence-electron chi connectivity index (χ4n) is 2.68. The lowest BCUT2D eigenvalue weighted by Gasteiger charge is -2.23. The summed E-state index contributed by atoms with van der Waals surface area (Å²) in [5.74, 6) is 0.565. The molecule has 1 aliphatic heterocycles. The SMILES string of the molecule is CC1CCCN(c2cccc(S(N)(=O)=O)c2[N+](=O)[O-])CC1. The van der Waals surface area contributed by atoms with Crippen LogP contribution < -0.4 is 10.0 Å². The monoisotopic (exact) mass is 313 g/mol. The fraction of sp³-hybridized carbons (Fsp3) is 0.538. The Hall–Kier alpha value is -1.67. The third-order valence-corrected chi connectivity index (χ3v) is 4.77. The summed E-state index contributed by atoms with van der Waals surface area (Å²) in [5, 5.41) is 16.4. The van der Waals surface area contributed by atoms with Gasteiger partial charge in [0.15, 0.2) is 4.90 Å². The molecule has 0 amide bonds. The Kier molecular flexibility index (Phi) is 4.48. The van der Waals surface area contributed by atoms with Gasteiger partial charge in [-0.15, -0.1) is 0 Å². The number of primary sulfonamides is 1. The predicted molar refractivity (Wildman–Crippen MR) is 79.7 cm³/mol. The molecule has 2 N–H and O–H groups in total. The Bertz CT molecular complexity index is 645. The molecule has 2 rings (SSSR count). The molecule has 8 heteroatoms. The molecule has 1 aromatic rings. The van der Waals surface area contributed by atoms with Crippen molar-refractivity contribution < 1.29 is 13.3 Å². The molecule has 7 nitrogen and oxygen atoms in total. The molecule has 0 spiro atoms. The van der Waals surface area contributed by atoms with Crippen molar-refractivity contribution in [3.05, 3.63) is 28.3 Å². The van der Waals surface area contributed by atoms with Gasteiger partial charge < -0.3 is 4.90 Å². The summed E-state index contributed by atoms with van der Waals surface area (Å²) < 4.78 is 23.1. The predicted octanol–water partition coefficient (Wildman–Crippen LogP) is 1.87. The highest BCUT2D eigenvalue weighted by atomic mass is 32.2. The Morgan fingerprint density at radius 2 is 2.05 bits per heavy atom. The molecular weight excluding hydrogens is 294 g/mol. The lowest BCUT2D eigenvalue weighted by atomic mass is 10.0. The second kappa shape index (κ2) is 5.98. The van der Waals surface area contributed by atoms with Gasteiger partial charge in [0.2, 0.25) is 10.0 Å². The minimum atomic E-state index is -4.13. The summed E-state index contributed by atoms with van der Waals surface area (Å²) in [6.45, 7) is 3.51. The molecule has 1 unspecified atom stereocenters. The Morgan fingerprint density at radius 1 is 1.33 bits per heavy atom. The zero-order valence-electron chi connectivity index (χ0n) is 11.9. The first-order valence-electron chi connectivity index (χ1n) is 6.86. The van der Waals surface area contributed by atoms with E-state index in [0.717, 1.165) is 19.3 Å². The first kappa shape index (κ1) is 15.7. The van der Waals surface area contributed by atoms with Crippen molar-refractivity contribution >= 4 is 21.4 Å². The quantitative estimate of drug-likeness (QED) is 0.677. The second-order valence-corrected chi connectivity index (χ2v) is 6.98. The maximum absolute atomic E-state index is 11.6. The van der Waals surface area contributed by atoms with Crippen molar-refractivity contribution in [2.45, 2.75) is 31.1 Å². The van der Waals surface area contributed by atoms with E-state index >= 15 is 0 Å². The van der Waals surface area contributed by atoms with Gasteiger partial charge in [0.25, 0.3) is 0 Å². The zero-order valence-corrected chi connectivity index (χ0v) is 12.7. The van der Waals surface area contributed by atoms with Crippen LogP contribution >= 0.6 is 0 Å². The van der Waals surface area contributed by atoms with E-state index in [9.17, 15) is 18.5 Å². The summed E-state index contributed by atoms with van der Waals surface area (Å²) in [7, 11) is -4.13. The lowest BCUT2D eigenvalue weighted by Crippen LogP contribution is -2.26. The number of rotatable bonds is 3. The van der Waals surface area contributed by atoms with Crippen molar-refractivity contribution in [3.8, 4) is 0 Å². The molecule has 0 radical (unpaired) electrons. The average molecular weight is 313 g/mol. The number of nitro benzene ring substituents is 1. The molecule has 0 bridgehead atoms. The summed E-state index contributed by atoms with van der Waals surface area (Å²) in [6, 6.07) is 4.26. The van der Waals surface area contributed by atoms with Crippen molar-refractivity contribution in [3.63, 3.8) is 0 Å². The van der Waals surface area contributed by atoms with Gasteiger partial charge in [-0.1, -0.05) is 13.0 Å². The van der Waals surface area contributed by atoms with E-state index in [2.05, 4.69) is 6.92 Å². The van der Waals surface area contributed by atoms with E-state index in [1.54, 1.807) is 6.07 Å². The van der Waals surface area contributed by atoms with Crippen LogP contribution in [-0.2, 0) is 10.0 Å². The standard InChI is InChI=1S/C13H19N3O4S/c1-10-4-3-8-15(9-7-10)11-5-2-6-12(21(14,19)20)13(11)16(17)18/h2,5-6,10H,3-4,7-9H2,1H3,(H2,14,19,20). The van der Waals surface area contributed by atoms with Crippen LogP contribution in [0.15, 0.2) is 23.1 Å². The summed E-state index contributed by atoms with van der Waals surface area (Å²) in [5.41, 5.74) is -0.0878. The number of para-hydroxylation sites is 1. The number of anilines is 1. The number of nitrogens with two attached hydrogens (primary N) is 1. The van der Waals surface area contributed by atoms with E-state index in [4.69, 9.17) is 5.14 Å². The molecule has 1 saturated heterocycles. The number of hydrogen-bond donors (Lipinski definition) is 1. The van der Waals surface area contributed by atoms with Crippen LogP contribution in [0.25, 0.3) is 0 Å². The van der Waals surface area contributed by atoms with Crippen LogP contribution in [0.4, 0.5) is 11.4 Å². The number of hydrogen-bond acceptors (Lipinski definition) is 5. The molecule has 21 heavy (non-hydrogen) atoms. The zero-order chi connectivity index (χ0) is 15.6. The smallest absolute Gasteiger partial charge is 0.312 e. The Morgan fingerprint density at radius 3 is 2.67 bits per heavy atom. The van der Waals surface area contributed by atoms with Crippen molar-refractivity contribution in [1.29, 1.82) is 0 Å². The first-order valence-corrected chi connectivity index (χ1v) is 8.40. The third-order valence-electron chi connectivity index (χ3n) is 3.82. The molecule has 0 aromatic heterocycles. The summed E-state index contributed by atoms with van der Waals surface area (Å²) >= 11 is 0. The minimum absolute atomic E-state index is 0.334. The number of nitro groups is 1. The van der Waals surface area contributed by atoms with E-state index in [1.165, 1.54) is 12.1 Å². The van der Waals surface area contributed by atoms with Crippen LogP contribution in [0, 0.1) is 16.0 Å². The first-order chi connectivity index (χ1) is 9.80. The normalized spacial score (nSPS) is 20.1. The highest BCUT2D eigenvalue weighted by Gasteiger charge is 2.29. The van der Waals surface area contributed by atoms with Crippen molar-refractivity contribution in [1.82, 2.24) is 0 Å². The molecule has 0 saturated carbocycles. The van der Waals surface area contributed by atoms with Gasteiger partial charge in [-0.25, -0.2) is 13.6 Å². The number of sulfonamides is 1. The van der Waals surface area contributed by atoms with Gasteiger partial charge in [-0.05, 0) is 37.3 Å². The molecular formula is C13H19N3O4S. The second-order valence-electron chi connectivity index (χ2n) is 5.45. The number of nitrogens with zero attached hydrogens (tertiary/aromatic N) is 2. The summed E-state index contributed by atoms with van der Waals surface area (Å²) in [4.78, 5) is 12.1. The van der Waals surface area contributed by atoms with Gasteiger partial charge >= 0.3 is 5.69 Å². The van der Waals surface area contributed by atoms with E-state index in [-0.39, 0.29) is 0 Å². The third kappa shape index (κ3) is 3.51. The maximum Gasteiger partial charge on any atom is 0.312 e. The Labute approximate surface area is 123 Å². The van der Waals surface area contributed by atoms with Gasteiger partial charge in [0.05, 0.1) is 4.92 Å². The van der Waals surface area contributed by atoms with Crippen LogP contribution in [0.5, 0.6) is 0 Å². The molecule has 0 aliphatic carbocycles. The Balaban J connectivity index is 2.51. The largest absolute Gasteiger partial charge is 0.366 e. The highest BCUT2D eigenvalue weighted by molar-refractivity contribution is 7.89. The highest BCUT2D eigenvalue weighted by Crippen LogP contribution is 2.35. The van der Waals surface area contributed by atoms with Crippen molar-refractivity contribution in [2.24, 2.45) is 11.1 Å². The molecule has 1 heterocycles. The van der Waals surface area contributed by atoms with Crippen LogP contribution in [0.1, 0.15) is 26.2 Å². The van der Waals surface area contributed by atoms with Crippen LogP contribution in [0.3, 0.4) is 0 Å². The van der Waals surface area contributed by atoms with E-state index in [0.29, 0.717) is 24.7 Å². The molecule has 1 aliphatic rings. The minimum Gasteiger partial charge on any atom is -0.366 e.